The zero-order chi connectivity index (χ0) is 17.4. The first kappa shape index (κ1) is 17.3. The van der Waals surface area contributed by atoms with Gasteiger partial charge in [-0.2, -0.15) is 0 Å². The molecule has 0 spiro atoms. The van der Waals surface area contributed by atoms with Gasteiger partial charge in [0.25, 0.3) is 5.91 Å². The number of nitrogens with one attached hydrogen (secondary N) is 1. The Kier molecular flexibility index (Phi) is 6.13. The normalized spacial score (nSPS) is 10.0. The third kappa shape index (κ3) is 4.70. The van der Waals surface area contributed by atoms with Crippen LogP contribution in [-0.2, 0) is 11.2 Å². The minimum absolute atomic E-state index is 0.0716. The van der Waals surface area contributed by atoms with Gasteiger partial charge < -0.3 is 14.8 Å². The van der Waals surface area contributed by atoms with Crippen molar-refractivity contribution in [2.75, 3.05) is 20.3 Å². The summed E-state index contributed by atoms with van der Waals surface area (Å²) >= 11 is 0. The van der Waals surface area contributed by atoms with Gasteiger partial charge in [0.2, 0.25) is 0 Å². The molecule has 2 rings (SSSR count). The fourth-order valence-corrected chi connectivity index (χ4v) is 2.17. The highest BCUT2D eigenvalue weighted by Gasteiger charge is 2.14. The standard InChI is InChI=1S/C17H18N2O5/c1-23-15-8-4-2-6-13(15)10-11-18-17(20)12-24-16-9-5-3-7-14(16)19(21)22/h2-9H,10-12H2,1H3,(H,18,20). The van der Waals surface area contributed by atoms with Crippen LogP contribution in [0, 0.1) is 10.1 Å². The fourth-order valence-electron chi connectivity index (χ4n) is 2.17. The molecule has 2 aromatic rings. The highest BCUT2D eigenvalue weighted by atomic mass is 16.6. The van der Waals surface area contributed by atoms with Crippen LogP contribution in [-0.4, -0.2) is 31.1 Å². The number of benzene rings is 2. The van der Waals surface area contributed by atoms with Crippen LogP contribution >= 0.6 is 0 Å². The predicted molar refractivity (Wildman–Crippen MR) is 88.3 cm³/mol. The van der Waals surface area contributed by atoms with Gasteiger partial charge >= 0.3 is 5.69 Å². The molecule has 24 heavy (non-hydrogen) atoms. The van der Waals surface area contributed by atoms with Crippen LogP contribution in [0.4, 0.5) is 5.69 Å². The van der Waals surface area contributed by atoms with Gasteiger partial charge in [-0.15, -0.1) is 0 Å². The third-order valence-corrected chi connectivity index (χ3v) is 3.33. The SMILES string of the molecule is COc1ccccc1CCNC(=O)COc1ccccc1[N+](=O)[O-]. The number of nitrogens with zero attached hydrogens (tertiary/aromatic N) is 1. The predicted octanol–water partition coefficient (Wildman–Crippen LogP) is 2.34. The Morgan fingerprint density at radius 2 is 1.79 bits per heavy atom. The summed E-state index contributed by atoms with van der Waals surface area (Å²) in [4.78, 5) is 22.1. The Hall–Kier alpha value is -3.09. The molecule has 0 aliphatic carbocycles. The Balaban J connectivity index is 1.81. The van der Waals surface area contributed by atoms with E-state index in [4.69, 9.17) is 9.47 Å². The van der Waals surface area contributed by atoms with Crippen molar-refractivity contribution in [3.05, 3.63) is 64.2 Å². The van der Waals surface area contributed by atoms with E-state index in [1.165, 1.54) is 18.2 Å². The summed E-state index contributed by atoms with van der Waals surface area (Å²) in [6, 6.07) is 13.5. The highest BCUT2D eigenvalue weighted by Crippen LogP contribution is 2.25. The van der Waals surface area contributed by atoms with Crippen molar-refractivity contribution in [2.45, 2.75) is 6.42 Å². The fraction of sp³-hybridized carbons (Fsp3) is 0.235. The molecule has 0 aliphatic rings. The van der Waals surface area contributed by atoms with Gasteiger partial charge in [0, 0.05) is 12.6 Å². The molecule has 0 heterocycles. The number of methoxy groups -OCH3 is 1. The summed E-state index contributed by atoms with van der Waals surface area (Å²) in [6.45, 7) is 0.135. The van der Waals surface area contributed by atoms with E-state index >= 15 is 0 Å². The largest absolute Gasteiger partial charge is 0.496 e. The number of nitro groups is 1. The zero-order valence-electron chi connectivity index (χ0n) is 13.2. The van der Waals surface area contributed by atoms with Gasteiger partial charge in [-0.25, -0.2) is 0 Å². The number of carbonyl (C=O) groups is 1. The maximum Gasteiger partial charge on any atom is 0.310 e. The topological polar surface area (TPSA) is 90.7 Å². The second kappa shape index (κ2) is 8.52. The van der Waals surface area contributed by atoms with Gasteiger partial charge in [0.15, 0.2) is 12.4 Å². The van der Waals surface area contributed by atoms with Crippen LogP contribution < -0.4 is 14.8 Å². The summed E-state index contributed by atoms with van der Waals surface area (Å²) in [5.41, 5.74) is 0.819. The van der Waals surface area contributed by atoms with E-state index in [-0.39, 0.29) is 24.0 Å². The van der Waals surface area contributed by atoms with E-state index in [0.29, 0.717) is 13.0 Å². The Morgan fingerprint density at radius 3 is 2.50 bits per heavy atom. The van der Waals surface area contributed by atoms with Crippen molar-refractivity contribution >= 4 is 11.6 Å². The number of rotatable bonds is 8. The second-order valence-electron chi connectivity index (χ2n) is 4.93. The van der Waals surface area contributed by atoms with Crippen molar-refractivity contribution < 1.29 is 19.2 Å². The molecular weight excluding hydrogens is 312 g/mol. The van der Waals surface area contributed by atoms with Crippen LogP contribution in [0.25, 0.3) is 0 Å². The Labute approximate surface area is 139 Å². The number of hydrogen-bond donors (Lipinski definition) is 1. The molecular formula is C17H18N2O5. The summed E-state index contributed by atoms with van der Waals surface area (Å²) in [6.07, 6.45) is 0.612. The first-order valence-electron chi connectivity index (χ1n) is 7.36. The molecule has 0 saturated heterocycles. The van der Waals surface area contributed by atoms with Crippen LogP contribution in [0.5, 0.6) is 11.5 Å². The van der Waals surface area contributed by atoms with Crippen molar-refractivity contribution in [2.24, 2.45) is 0 Å². The van der Waals surface area contributed by atoms with E-state index in [1.54, 1.807) is 13.2 Å². The summed E-state index contributed by atoms with van der Waals surface area (Å²) in [5.74, 6) is 0.494. The van der Waals surface area contributed by atoms with Crippen molar-refractivity contribution in [3.63, 3.8) is 0 Å². The van der Waals surface area contributed by atoms with Crippen LogP contribution in [0.1, 0.15) is 5.56 Å². The Bertz CT molecular complexity index is 718. The highest BCUT2D eigenvalue weighted by molar-refractivity contribution is 5.77. The van der Waals surface area contributed by atoms with Crippen molar-refractivity contribution in [3.8, 4) is 11.5 Å². The minimum Gasteiger partial charge on any atom is -0.496 e. The minimum atomic E-state index is -0.547. The lowest BCUT2D eigenvalue weighted by molar-refractivity contribution is -0.385. The van der Waals surface area contributed by atoms with E-state index in [2.05, 4.69) is 5.32 Å². The number of nitro benzene ring substituents is 1. The van der Waals surface area contributed by atoms with Crippen LogP contribution in [0.15, 0.2) is 48.5 Å². The molecule has 7 heteroatoms. The Morgan fingerprint density at radius 1 is 1.12 bits per heavy atom. The summed E-state index contributed by atoms with van der Waals surface area (Å²) in [5, 5.41) is 13.6. The molecule has 1 N–H and O–H groups in total. The summed E-state index contributed by atoms with van der Waals surface area (Å²) in [7, 11) is 1.60. The van der Waals surface area contributed by atoms with Crippen molar-refractivity contribution in [1.29, 1.82) is 0 Å². The van der Waals surface area contributed by atoms with Gasteiger partial charge in [0.05, 0.1) is 12.0 Å². The van der Waals surface area contributed by atoms with Crippen LogP contribution in [0.3, 0.4) is 0 Å². The number of para-hydroxylation sites is 3. The van der Waals surface area contributed by atoms with E-state index in [1.807, 2.05) is 24.3 Å². The number of carbonyl (C=O) groups excluding carboxylic acids is 1. The number of amides is 1. The van der Waals surface area contributed by atoms with Gasteiger partial charge in [-0.1, -0.05) is 30.3 Å². The lowest BCUT2D eigenvalue weighted by atomic mass is 10.1. The lowest BCUT2D eigenvalue weighted by Gasteiger charge is -2.10. The molecule has 126 valence electrons. The average molecular weight is 330 g/mol. The van der Waals surface area contributed by atoms with Gasteiger partial charge in [0.1, 0.15) is 5.75 Å². The second-order valence-corrected chi connectivity index (χ2v) is 4.93. The molecule has 0 fully saturated rings. The quantitative estimate of drug-likeness (QED) is 0.592. The maximum atomic E-state index is 11.8. The maximum absolute atomic E-state index is 11.8. The molecule has 7 nitrogen and oxygen atoms in total. The molecule has 0 radical (unpaired) electrons. The molecule has 0 saturated carbocycles. The molecule has 0 unspecified atom stereocenters. The molecule has 1 amide bonds. The van der Waals surface area contributed by atoms with Gasteiger partial charge in [-0.3, -0.25) is 14.9 Å². The molecule has 0 bridgehead atoms. The van der Waals surface area contributed by atoms with Gasteiger partial charge in [-0.05, 0) is 24.1 Å². The molecule has 0 atom stereocenters. The van der Waals surface area contributed by atoms with E-state index in [0.717, 1.165) is 11.3 Å². The number of ether oxygens (including phenoxy) is 2. The van der Waals surface area contributed by atoms with Crippen LogP contribution in [0.2, 0.25) is 0 Å². The number of hydrogen-bond acceptors (Lipinski definition) is 5. The first-order chi connectivity index (χ1) is 11.6. The lowest BCUT2D eigenvalue weighted by Crippen LogP contribution is -2.30. The third-order valence-electron chi connectivity index (χ3n) is 3.33. The monoisotopic (exact) mass is 330 g/mol. The zero-order valence-corrected chi connectivity index (χ0v) is 13.2. The average Bonchev–Trinajstić information content (AvgIpc) is 2.60. The first-order valence-corrected chi connectivity index (χ1v) is 7.36. The smallest absolute Gasteiger partial charge is 0.310 e. The van der Waals surface area contributed by atoms with Crippen molar-refractivity contribution in [1.82, 2.24) is 5.32 Å². The molecule has 0 aliphatic heterocycles. The molecule has 0 aromatic heterocycles. The van der Waals surface area contributed by atoms with E-state index in [9.17, 15) is 14.9 Å². The molecule has 2 aromatic carbocycles. The summed E-state index contributed by atoms with van der Waals surface area (Å²) < 4.78 is 10.5. The van der Waals surface area contributed by atoms with E-state index < -0.39 is 4.92 Å².